The fourth-order valence-electron chi connectivity index (χ4n) is 1.79. The molecule has 4 nitrogen and oxygen atoms in total. The highest BCUT2D eigenvalue weighted by atomic mass is 79.9. The summed E-state index contributed by atoms with van der Waals surface area (Å²) in [6.07, 6.45) is 0. The minimum Gasteiger partial charge on any atom is -0.454 e. The molecule has 0 radical (unpaired) electrons. The Labute approximate surface area is 122 Å². The number of fused-ring (bicyclic) bond motifs is 1. The summed E-state index contributed by atoms with van der Waals surface area (Å²) < 4.78 is 11.6. The molecule has 19 heavy (non-hydrogen) atoms. The smallest absolute Gasteiger partial charge is 0.231 e. The Morgan fingerprint density at radius 2 is 2.16 bits per heavy atom. The van der Waals surface area contributed by atoms with Crippen molar-refractivity contribution >= 4 is 15.9 Å². The molecule has 0 saturated carbocycles. The van der Waals surface area contributed by atoms with Crippen molar-refractivity contribution in [3.05, 3.63) is 22.2 Å². The summed E-state index contributed by atoms with van der Waals surface area (Å²) in [6, 6.07) is 3.97. The molecule has 106 valence electrons. The van der Waals surface area contributed by atoms with Gasteiger partial charge >= 0.3 is 0 Å². The van der Waals surface area contributed by atoms with E-state index >= 15 is 0 Å². The Bertz CT molecular complexity index is 460. The van der Waals surface area contributed by atoms with Gasteiger partial charge in [0, 0.05) is 13.1 Å². The highest BCUT2D eigenvalue weighted by Gasteiger charge is 2.24. The molecule has 0 aromatic heterocycles. The van der Waals surface area contributed by atoms with E-state index in [1.807, 2.05) is 32.9 Å². The minimum atomic E-state index is -0.701. The van der Waals surface area contributed by atoms with E-state index in [9.17, 15) is 5.11 Å². The number of nitrogens with one attached hydrogen (secondary N) is 1. The average molecular weight is 330 g/mol. The maximum Gasteiger partial charge on any atom is 0.231 e. The number of aliphatic hydroxyl groups is 1. The summed E-state index contributed by atoms with van der Waals surface area (Å²) in [4.78, 5) is 0. The van der Waals surface area contributed by atoms with Crippen LogP contribution < -0.4 is 14.8 Å². The number of benzene rings is 1. The molecule has 0 spiro atoms. The lowest BCUT2D eigenvalue weighted by Gasteiger charge is -2.28. The molecular weight excluding hydrogens is 310 g/mol. The van der Waals surface area contributed by atoms with Gasteiger partial charge in [0.2, 0.25) is 6.79 Å². The summed E-state index contributed by atoms with van der Waals surface area (Å²) in [6.45, 7) is 7.37. The van der Waals surface area contributed by atoms with E-state index in [-0.39, 0.29) is 12.7 Å². The highest BCUT2D eigenvalue weighted by Crippen LogP contribution is 2.39. The number of ether oxygens (including phenoxy) is 2. The van der Waals surface area contributed by atoms with Crippen molar-refractivity contribution in [2.75, 3.05) is 13.3 Å². The van der Waals surface area contributed by atoms with Crippen LogP contribution in [-0.2, 0) is 6.54 Å². The van der Waals surface area contributed by atoms with Crippen LogP contribution in [0, 0.1) is 5.92 Å². The van der Waals surface area contributed by atoms with Crippen molar-refractivity contribution in [1.82, 2.24) is 5.32 Å². The van der Waals surface area contributed by atoms with Gasteiger partial charge < -0.3 is 19.9 Å². The molecule has 1 aliphatic heterocycles. The van der Waals surface area contributed by atoms with Crippen LogP contribution >= 0.6 is 15.9 Å². The third-order valence-corrected chi connectivity index (χ3v) is 4.13. The van der Waals surface area contributed by atoms with Gasteiger partial charge in [-0.15, -0.1) is 0 Å². The first-order valence-electron chi connectivity index (χ1n) is 6.41. The molecule has 5 heteroatoms. The predicted molar refractivity (Wildman–Crippen MR) is 77.4 cm³/mol. The summed E-state index contributed by atoms with van der Waals surface area (Å²) in [5, 5.41) is 13.4. The molecule has 0 amide bonds. The van der Waals surface area contributed by atoms with E-state index in [0.29, 0.717) is 13.1 Å². The molecule has 0 fully saturated rings. The van der Waals surface area contributed by atoms with Crippen LogP contribution in [0.25, 0.3) is 0 Å². The zero-order valence-corrected chi connectivity index (χ0v) is 13.1. The first-order chi connectivity index (χ1) is 8.90. The zero-order valence-electron chi connectivity index (χ0n) is 11.5. The van der Waals surface area contributed by atoms with E-state index in [1.54, 1.807) is 0 Å². The van der Waals surface area contributed by atoms with Crippen molar-refractivity contribution in [2.45, 2.75) is 32.9 Å². The quantitative estimate of drug-likeness (QED) is 0.872. The molecule has 0 saturated heterocycles. The van der Waals surface area contributed by atoms with E-state index < -0.39 is 5.60 Å². The maximum atomic E-state index is 10.2. The second kappa shape index (κ2) is 5.69. The van der Waals surface area contributed by atoms with Gasteiger partial charge in [-0.3, -0.25) is 0 Å². The molecule has 1 unspecified atom stereocenters. The van der Waals surface area contributed by atoms with Gasteiger partial charge in [-0.2, -0.15) is 0 Å². The highest BCUT2D eigenvalue weighted by molar-refractivity contribution is 9.10. The summed E-state index contributed by atoms with van der Waals surface area (Å²) in [5.74, 6) is 1.74. The monoisotopic (exact) mass is 329 g/mol. The van der Waals surface area contributed by atoms with Crippen LogP contribution in [0.5, 0.6) is 11.5 Å². The molecule has 1 aromatic rings. The first-order valence-corrected chi connectivity index (χ1v) is 7.20. The van der Waals surface area contributed by atoms with E-state index in [1.165, 1.54) is 0 Å². The maximum absolute atomic E-state index is 10.2. The number of rotatable bonds is 5. The van der Waals surface area contributed by atoms with Crippen LogP contribution in [0.2, 0.25) is 0 Å². The normalized spacial score (nSPS) is 16.7. The molecule has 0 aliphatic carbocycles. The van der Waals surface area contributed by atoms with Crippen molar-refractivity contribution in [2.24, 2.45) is 5.92 Å². The summed E-state index contributed by atoms with van der Waals surface area (Å²) in [5.41, 5.74) is 0.392. The Kier molecular flexibility index (Phi) is 4.38. The molecule has 2 rings (SSSR count). The van der Waals surface area contributed by atoms with Crippen molar-refractivity contribution < 1.29 is 14.6 Å². The largest absolute Gasteiger partial charge is 0.454 e. The lowest BCUT2D eigenvalue weighted by Crippen LogP contribution is -2.41. The molecule has 1 atom stereocenters. The molecule has 1 heterocycles. The van der Waals surface area contributed by atoms with Gasteiger partial charge in [-0.05, 0) is 46.5 Å². The van der Waals surface area contributed by atoms with Crippen LogP contribution in [0.4, 0.5) is 0 Å². The number of hydrogen-bond donors (Lipinski definition) is 2. The van der Waals surface area contributed by atoms with Gasteiger partial charge in [0.1, 0.15) is 0 Å². The second-order valence-electron chi connectivity index (χ2n) is 5.43. The Morgan fingerprint density at radius 1 is 1.42 bits per heavy atom. The zero-order chi connectivity index (χ0) is 14.0. The van der Waals surface area contributed by atoms with Crippen LogP contribution in [0.15, 0.2) is 16.6 Å². The fraction of sp³-hybridized carbons (Fsp3) is 0.571. The lowest BCUT2D eigenvalue weighted by molar-refractivity contribution is 0.0140. The van der Waals surface area contributed by atoms with Gasteiger partial charge in [-0.25, -0.2) is 0 Å². The van der Waals surface area contributed by atoms with Gasteiger partial charge in [0.25, 0.3) is 0 Å². The van der Waals surface area contributed by atoms with Crippen LogP contribution in [-0.4, -0.2) is 24.0 Å². The van der Waals surface area contributed by atoms with E-state index in [2.05, 4.69) is 21.2 Å². The lowest BCUT2D eigenvalue weighted by atomic mass is 9.92. The molecular formula is C14H20BrNO3. The SMILES string of the molecule is CC(C)C(C)(O)CNCc1cc(Br)c2c(c1)OCO2. The standard InChI is InChI=1S/C14H20BrNO3/c1-9(2)14(3,17)7-16-6-10-4-11(15)13-12(5-10)18-8-19-13/h4-5,9,16-17H,6-8H2,1-3H3. The third kappa shape index (κ3) is 3.41. The van der Waals surface area contributed by atoms with Gasteiger partial charge in [-0.1, -0.05) is 13.8 Å². The number of hydrogen-bond acceptors (Lipinski definition) is 4. The van der Waals surface area contributed by atoms with Gasteiger partial charge in [0.05, 0.1) is 10.1 Å². The van der Waals surface area contributed by atoms with Crippen molar-refractivity contribution in [3.8, 4) is 11.5 Å². The Balaban J connectivity index is 1.96. The van der Waals surface area contributed by atoms with Gasteiger partial charge in [0.15, 0.2) is 11.5 Å². The van der Waals surface area contributed by atoms with Crippen molar-refractivity contribution in [3.63, 3.8) is 0 Å². The topological polar surface area (TPSA) is 50.7 Å². The molecule has 2 N–H and O–H groups in total. The minimum absolute atomic E-state index is 0.212. The first kappa shape index (κ1) is 14.6. The van der Waals surface area contributed by atoms with Crippen LogP contribution in [0.3, 0.4) is 0 Å². The third-order valence-electron chi connectivity index (χ3n) is 3.54. The molecule has 1 aliphatic rings. The van der Waals surface area contributed by atoms with E-state index in [0.717, 1.165) is 21.5 Å². The van der Waals surface area contributed by atoms with Crippen molar-refractivity contribution in [1.29, 1.82) is 0 Å². The summed E-state index contributed by atoms with van der Waals surface area (Å²) >= 11 is 3.47. The average Bonchev–Trinajstić information content (AvgIpc) is 2.77. The van der Waals surface area contributed by atoms with E-state index in [4.69, 9.17) is 9.47 Å². The summed E-state index contributed by atoms with van der Waals surface area (Å²) in [7, 11) is 0. The fourth-order valence-corrected chi connectivity index (χ4v) is 2.39. The molecule has 0 bridgehead atoms. The number of halogens is 1. The molecule has 1 aromatic carbocycles. The second-order valence-corrected chi connectivity index (χ2v) is 6.28. The Hall–Kier alpha value is -0.780. The van der Waals surface area contributed by atoms with Crippen LogP contribution in [0.1, 0.15) is 26.3 Å². The Morgan fingerprint density at radius 3 is 2.84 bits per heavy atom. The predicted octanol–water partition coefficient (Wildman–Crippen LogP) is 2.67.